The molecule has 0 radical (unpaired) electrons. The average Bonchev–Trinajstić information content (AvgIpc) is 2.93. The molecule has 1 amide bonds. The predicted octanol–water partition coefficient (Wildman–Crippen LogP) is 2.49. The second kappa shape index (κ2) is 7.57. The number of imidazole rings is 1. The lowest BCUT2D eigenvalue weighted by molar-refractivity contribution is -0.133. The van der Waals surface area contributed by atoms with Crippen LogP contribution >= 0.6 is 11.8 Å². The van der Waals surface area contributed by atoms with Gasteiger partial charge >= 0.3 is 0 Å². The first-order valence-corrected chi connectivity index (χ1v) is 9.96. The number of carbonyl (C=O) groups excluding carboxylic acids is 1. The standard InChI is InChI=1S/C18H26N4OS/c1-13(19)14-6-5-9-21(10-14)18(23)11-22-16-8-4-3-7-15(16)20-17(22)12-24-2/h3-4,7-8,13-14H,5-6,9-12,19H2,1-2H3. The van der Waals surface area contributed by atoms with E-state index < -0.39 is 0 Å². The third kappa shape index (κ3) is 3.59. The van der Waals surface area contributed by atoms with Crippen LogP contribution in [0.1, 0.15) is 25.6 Å². The number of fused-ring (bicyclic) bond motifs is 1. The molecule has 2 atom stereocenters. The van der Waals surface area contributed by atoms with Crippen LogP contribution in [-0.4, -0.2) is 45.7 Å². The number of para-hydroxylation sites is 2. The zero-order chi connectivity index (χ0) is 17.1. The van der Waals surface area contributed by atoms with E-state index in [2.05, 4.69) is 10.8 Å². The van der Waals surface area contributed by atoms with E-state index in [1.165, 1.54) is 0 Å². The Balaban J connectivity index is 1.81. The number of hydrogen-bond donors (Lipinski definition) is 1. The van der Waals surface area contributed by atoms with Gasteiger partial charge in [-0.2, -0.15) is 11.8 Å². The lowest BCUT2D eigenvalue weighted by Gasteiger charge is -2.34. The summed E-state index contributed by atoms with van der Waals surface area (Å²) in [6.07, 6.45) is 4.22. The number of thioether (sulfide) groups is 1. The monoisotopic (exact) mass is 346 g/mol. The van der Waals surface area contributed by atoms with E-state index in [9.17, 15) is 4.79 Å². The molecule has 0 aliphatic carbocycles. The third-order valence-corrected chi connectivity index (χ3v) is 5.40. The quantitative estimate of drug-likeness (QED) is 0.903. The first-order chi connectivity index (χ1) is 11.6. The van der Waals surface area contributed by atoms with Gasteiger partial charge in [-0.3, -0.25) is 4.79 Å². The number of rotatable bonds is 5. The normalized spacial score (nSPS) is 19.6. The summed E-state index contributed by atoms with van der Waals surface area (Å²) in [7, 11) is 0. The van der Waals surface area contributed by atoms with Crippen molar-refractivity contribution in [3.63, 3.8) is 0 Å². The Morgan fingerprint density at radius 1 is 1.46 bits per heavy atom. The van der Waals surface area contributed by atoms with Crippen molar-refractivity contribution in [2.24, 2.45) is 11.7 Å². The number of hydrogen-bond acceptors (Lipinski definition) is 4. The molecule has 6 heteroatoms. The van der Waals surface area contributed by atoms with Crippen molar-refractivity contribution >= 4 is 28.7 Å². The SMILES string of the molecule is CSCc1nc2ccccc2n1CC(=O)N1CCCC(C(C)N)C1. The van der Waals surface area contributed by atoms with Crippen LogP contribution < -0.4 is 5.73 Å². The van der Waals surface area contributed by atoms with E-state index in [0.717, 1.165) is 48.5 Å². The second-order valence-electron chi connectivity index (χ2n) is 6.64. The molecule has 2 N–H and O–H groups in total. The Bertz CT molecular complexity index is 712. The van der Waals surface area contributed by atoms with Gasteiger partial charge in [0.1, 0.15) is 12.4 Å². The molecule has 1 aliphatic rings. The fourth-order valence-corrected chi connectivity index (χ4v) is 3.92. The first kappa shape index (κ1) is 17.3. The van der Waals surface area contributed by atoms with Crippen LogP contribution in [0.5, 0.6) is 0 Å². The summed E-state index contributed by atoms with van der Waals surface area (Å²) in [4.78, 5) is 19.5. The molecule has 3 rings (SSSR count). The van der Waals surface area contributed by atoms with Crippen LogP contribution in [0.25, 0.3) is 11.0 Å². The van der Waals surface area contributed by atoms with Gasteiger partial charge in [0, 0.05) is 19.1 Å². The fourth-order valence-electron chi connectivity index (χ4n) is 3.44. The highest BCUT2D eigenvalue weighted by Gasteiger charge is 2.26. The molecule has 1 fully saturated rings. The van der Waals surface area contributed by atoms with E-state index in [1.807, 2.05) is 36.1 Å². The molecule has 0 saturated carbocycles. The largest absolute Gasteiger partial charge is 0.341 e. The molecule has 0 bridgehead atoms. The maximum Gasteiger partial charge on any atom is 0.242 e. The topological polar surface area (TPSA) is 64.2 Å². The van der Waals surface area contributed by atoms with Crippen molar-refractivity contribution in [2.45, 2.75) is 38.1 Å². The molecular weight excluding hydrogens is 320 g/mol. The summed E-state index contributed by atoms with van der Waals surface area (Å²) in [5.74, 6) is 2.36. The van der Waals surface area contributed by atoms with Crippen molar-refractivity contribution in [1.29, 1.82) is 0 Å². The van der Waals surface area contributed by atoms with Crippen LogP contribution in [-0.2, 0) is 17.1 Å². The van der Waals surface area contributed by atoms with Gasteiger partial charge in [0.2, 0.25) is 5.91 Å². The number of aromatic nitrogens is 2. The van der Waals surface area contributed by atoms with E-state index in [0.29, 0.717) is 12.5 Å². The summed E-state index contributed by atoms with van der Waals surface area (Å²) >= 11 is 1.73. The van der Waals surface area contributed by atoms with Gasteiger partial charge in [-0.15, -0.1) is 0 Å². The average molecular weight is 347 g/mol. The van der Waals surface area contributed by atoms with Crippen molar-refractivity contribution in [3.8, 4) is 0 Å². The van der Waals surface area contributed by atoms with Gasteiger partial charge in [-0.1, -0.05) is 12.1 Å². The predicted molar refractivity (Wildman–Crippen MR) is 99.9 cm³/mol. The maximum absolute atomic E-state index is 12.9. The molecule has 1 aromatic carbocycles. The Morgan fingerprint density at radius 2 is 2.25 bits per heavy atom. The maximum atomic E-state index is 12.9. The molecule has 24 heavy (non-hydrogen) atoms. The number of likely N-dealkylation sites (tertiary alicyclic amines) is 1. The summed E-state index contributed by atoms with van der Waals surface area (Å²) in [6, 6.07) is 8.18. The highest BCUT2D eigenvalue weighted by molar-refractivity contribution is 7.97. The van der Waals surface area contributed by atoms with Crippen molar-refractivity contribution in [2.75, 3.05) is 19.3 Å². The first-order valence-electron chi connectivity index (χ1n) is 8.56. The summed E-state index contributed by atoms with van der Waals surface area (Å²) in [5.41, 5.74) is 8.04. The molecule has 2 unspecified atom stereocenters. The number of benzene rings is 1. The van der Waals surface area contributed by atoms with Gasteiger partial charge in [0.25, 0.3) is 0 Å². The summed E-state index contributed by atoms with van der Waals surface area (Å²) < 4.78 is 2.07. The highest BCUT2D eigenvalue weighted by atomic mass is 32.2. The van der Waals surface area contributed by atoms with Crippen molar-refractivity contribution < 1.29 is 4.79 Å². The molecule has 5 nitrogen and oxygen atoms in total. The van der Waals surface area contributed by atoms with E-state index in [1.54, 1.807) is 11.8 Å². The van der Waals surface area contributed by atoms with Crippen molar-refractivity contribution in [3.05, 3.63) is 30.1 Å². The molecule has 0 spiro atoms. The number of carbonyl (C=O) groups is 1. The lowest BCUT2D eigenvalue weighted by Crippen LogP contribution is -2.46. The Labute approximate surface area is 147 Å². The van der Waals surface area contributed by atoms with Gasteiger partial charge in [0.15, 0.2) is 0 Å². The molecular formula is C18H26N4OS. The van der Waals surface area contributed by atoms with Crippen LogP contribution in [0.15, 0.2) is 24.3 Å². The minimum absolute atomic E-state index is 0.140. The van der Waals surface area contributed by atoms with E-state index in [4.69, 9.17) is 10.7 Å². The Kier molecular flexibility index (Phi) is 5.46. The lowest BCUT2D eigenvalue weighted by atomic mass is 9.92. The molecule has 2 heterocycles. The number of nitrogens with zero attached hydrogens (tertiary/aromatic N) is 3. The molecule has 130 valence electrons. The molecule has 2 aromatic rings. The van der Waals surface area contributed by atoms with Gasteiger partial charge in [-0.25, -0.2) is 4.98 Å². The van der Waals surface area contributed by atoms with Crippen molar-refractivity contribution in [1.82, 2.24) is 14.5 Å². The van der Waals surface area contributed by atoms with Gasteiger partial charge in [0.05, 0.1) is 16.8 Å². The Hall–Kier alpha value is -1.53. The van der Waals surface area contributed by atoms with Crippen LogP contribution in [0.4, 0.5) is 0 Å². The summed E-state index contributed by atoms with van der Waals surface area (Å²) in [6.45, 7) is 4.02. The Morgan fingerprint density at radius 3 is 3.00 bits per heavy atom. The van der Waals surface area contributed by atoms with E-state index in [-0.39, 0.29) is 11.9 Å². The summed E-state index contributed by atoms with van der Waals surface area (Å²) in [5, 5.41) is 0. The molecule has 1 aliphatic heterocycles. The highest BCUT2D eigenvalue weighted by Crippen LogP contribution is 2.22. The minimum Gasteiger partial charge on any atom is -0.341 e. The fraction of sp³-hybridized carbons (Fsp3) is 0.556. The number of piperidine rings is 1. The van der Waals surface area contributed by atoms with Crippen LogP contribution in [0.3, 0.4) is 0 Å². The molecule has 1 aromatic heterocycles. The number of amides is 1. The zero-order valence-electron chi connectivity index (χ0n) is 14.4. The second-order valence-corrected chi connectivity index (χ2v) is 7.50. The molecule has 1 saturated heterocycles. The van der Waals surface area contributed by atoms with Crippen LogP contribution in [0.2, 0.25) is 0 Å². The van der Waals surface area contributed by atoms with Gasteiger partial charge < -0.3 is 15.2 Å². The third-order valence-electron chi connectivity index (χ3n) is 4.85. The number of nitrogens with two attached hydrogens (primary N) is 1. The smallest absolute Gasteiger partial charge is 0.242 e. The minimum atomic E-state index is 0.140. The zero-order valence-corrected chi connectivity index (χ0v) is 15.3. The van der Waals surface area contributed by atoms with E-state index >= 15 is 0 Å². The van der Waals surface area contributed by atoms with Crippen LogP contribution in [0, 0.1) is 5.92 Å². The van der Waals surface area contributed by atoms with Gasteiger partial charge in [-0.05, 0) is 44.1 Å².